The van der Waals surface area contributed by atoms with Gasteiger partial charge in [-0.25, -0.2) is 4.98 Å². The van der Waals surface area contributed by atoms with Gasteiger partial charge in [-0.05, 0) is 61.4 Å². The Morgan fingerprint density at radius 2 is 1.78 bits per heavy atom. The van der Waals surface area contributed by atoms with Crippen LogP contribution in [0.1, 0.15) is 34.2 Å². The predicted octanol–water partition coefficient (Wildman–Crippen LogP) is 5.06. The summed E-state index contributed by atoms with van der Waals surface area (Å²) in [5, 5.41) is 1.05. The number of hydrogen-bond donors (Lipinski definition) is 0. The summed E-state index contributed by atoms with van der Waals surface area (Å²) in [5.41, 5.74) is 2.81. The first-order valence-electron chi connectivity index (χ1n) is 9.19. The molecule has 1 fully saturated rings. The minimum absolute atomic E-state index is 0.0824. The topological polar surface area (TPSA) is 38.1 Å². The lowest BCUT2D eigenvalue weighted by Gasteiger charge is -2.23. The molecule has 0 aliphatic carbocycles. The second kappa shape index (κ2) is 6.67. The zero-order chi connectivity index (χ0) is 18.2. The maximum absolute atomic E-state index is 13.1. The van der Waals surface area contributed by atoms with Crippen molar-refractivity contribution in [2.45, 2.75) is 18.9 Å². The summed E-state index contributed by atoms with van der Waals surface area (Å²) in [7, 11) is 0. The predicted molar refractivity (Wildman–Crippen MR) is 108 cm³/mol. The third kappa shape index (κ3) is 2.94. The number of para-hydroxylation sites is 1. The van der Waals surface area contributed by atoms with Crippen molar-refractivity contribution in [3.05, 3.63) is 83.6 Å². The third-order valence-electron chi connectivity index (χ3n) is 5.13. The number of hydrogen-bond acceptors (Lipinski definition) is 3. The van der Waals surface area contributed by atoms with Crippen molar-refractivity contribution in [1.29, 1.82) is 0 Å². The van der Waals surface area contributed by atoms with Gasteiger partial charge in [-0.2, -0.15) is 0 Å². The molecule has 4 aromatic rings. The summed E-state index contributed by atoms with van der Waals surface area (Å²) in [5.74, 6) is 0.0933. The van der Waals surface area contributed by atoms with Crippen LogP contribution in [-0.2, 0) is 0 Å². The van der Waals surface area contributed by atoms with Gasteiger partial charge in [0.15, 0.2) is 0 Å². The molecule has 4 nitrogen and oxygen atoms in total. The molecule has 0 spiro atoms. The quantitative estimate of drug-likeness (QED) is 0.503. The first kappa shape index (κ1) is 16.3. The van der Waals surface area contributed by atoms with Crippen LogP contribution in [0.3, 0.4) is 0 Å². The van der Waals surface area contributed by atoms with E-state index in [4.69, 9.17) is 4.98 Å². The van der Waals surface area contributed by atoms with Crippen LogP contribution in [0.4, 0.5) is 0 Å². The number of aromatic nitrogens is 2. The number of carbonyl (C=O) groups is 1. The van der Waals surface area contributed by atoms with Gasteiger partial charge in [0.25, 0.3) is 5.91 Å². The van der Waals surface area contributed by atoms with Gasteiger partial charge in [0.05, 0.1) is 16.3 Å². The van der Waals surface area contributed by atoms with E-state index in [0.29, 0.717) is 0 Å². The van der Waals surface area contributed by atoms with Gasteiger partial charge < -0.3 is 9.47 Å². The zero-order valence-electron chi connectivity index (χ0n) is 14.8. The van der Waals surface area contributed by atoms with Crippen molar-refractivity contribution in [2.75, 3.05) is 6.54 Å². The van der Waals surface area contributed by atoms with Gasteiger partial charge in [0, 0.05) is 30.2 Å². The number of rotatable bonds is 3. The highest BCUT2D eigenvalue weighted by Crippen LogP contribution is 2.37. The Bertz CT molecular complexity index is 1050. The fourth-order valence-corrected chi connectivity index (χ4v) is 4.86. The Labute approximate surface area is 161 Å². The summed E-state index contributed by atoms with van der Waals surface area (Å²) in [4.78, 5) is 19.9. The second-order valence-corrected chi connectivity index (χ2v) is 7.88. The SMILES string of the molecule is O=C(c1ccc(-n2cccc2)cc1)N1CCCC1c1nc2ccccc2s1. The van der Waals surface area contributed by atoms with E-state index in [1.807, 2.05) is 76.5 Å². The fraction of sp³-hybridized carbons (Fsp3) is 0.182. The van der Waals surface area contributed by atoms with Gasteiger partial charge in [0.2, 0.25) is 0 Å². The molecule has 27 heavy (non-hydrogen) atoms. The maximum atomic E-state index is 13.1. The van der Waals surface area contributed by atoms with Gasteiger partial charge >= 0.3 is 0 Å². The molecule has 1 amide bonds. The molecule has 1 saturated heterocycles. The number of thiazole rings is 1. The molecule has 134 valence electrons. The number of carbonyl (C=O) groups excluding carboxylic acids is 1. The third-order valence-corrected chi connectivity index (χ3v) is 6.26. The minimum Gasteiger partial charge on any atom is -0.329 e. The van der Waals surface area contributed by atoms with E-state index < -0.39 is 0 Å². The van der Waals surface area contributed by atoms with E-state index in [1.54, 1.807) is 11.3 Å². The molecule has 0 radical (unpaired) electrons. The Morgan fingerprint density at radius 3 is 2.56 bits per heavy atom. The van der Waals surface area contributed by atoms with Gasteiger partial charge in [-0.15, -0.1) is 11.3 Å². The Morgan fingerprint density at radius 1 is 1.00 bits per heavy atom. The summed E-state index contributed by atoms with van der Waals surface area (Å²) in [6.07, 6.45) is 6.00. The molecule has 2 aromatic carbocycles. The van der Waals surface area contributed by atoms with Crippen LogP contribution in [0, 0.1) is 0 Å². The Balaban J connectivity index is 1.41. The summed E-state index contributed by atoms with van der Waals surface area (Å²) in [6.45, 7) is 0.790. The highest BCUT2D eigenvalue weighted by molar-refractivity contribution is 7.18. The molecular weight excluding hydrogens is 354 g/mol. The summed E-state index contributed by atoms with van der Waals surface area (Å²) in [6, 6.07) is 20.1. The monoisotopic (exact) mass is 373 g/mol. The first-order chi connectivity index (χ1) is 13.3. The molecule has 1 aliphatic rings. The Kier molecular flexibility index (Phi) is 4.02. The average Bonchev–Trinajstić information content (AvgIpc) is 3.47. The Hall–Kier alpha value is -2.92. The molecule has 2 aromatic heterocycles. The average molecular weight is 373 g/mol. The van der Waals surface area contributed by atoms with E-state index >= 15 is 0 Å². The number of benzene rings is 2. The lowest BCUT2D eigenvalue weighted by Crippen LogP contribution is -2.30. The standard InChI is InChI=1S/C22H19N3OS/c26-22(16-9-11-17(12-10-16)24-13-3-4-14-24)25-15-5-7-19(25)21-23-18-6-1-2-8-20(18)27-21/h1-4,6,8-14,19H,5,7,15H2. The number of amides is 1. The van der Waals surface area contributed by atoms with E-state index in [1.165, 1.54) is 4.70 Å². The number of likely N-dealkylation sites (tertiary alicyclic amines) is 1. The maximum Gasteiger partial charge on any atom is 0.254 e. The largest absolute Gasteiger partial charge is 0.329 e. The molecular formula is C22H19N3OS. The number of fused-ring (bicyclic) bond motifs is 1. The van der Waals surface area contributed by atoms with Crippen LogP contribution >= 0.6 is 11.3 Å². The lowest BCUT2D eigenvalue weighted by atomic mass is 10.1. The van der Waals surface area contributed by atoms with Crippen LogP contribution in [0.15, 0.2) is 73.1 Å². The smallest absolute Gasteiger partial charge is 0.254 e. The van der Waals surface area contributed by atoms with Crippen molar-refractivity contribution in [3.8, 4) is 5.69 Å². The molecule has 3 heterocycles. The first-order valence-corrected chi connectivity index (χ1v) is 10.0. The summed E-state index contributed by atoms with van der Waals surface area (Å²) >= 11 is 1.70. The number of nitrogens with zero attached hydrogens (tertiary/aromatic N) is 3. The molecule has 1 aliphatic heterocycles. The normalized spacial score (nSPS) is 16.9. The second-order valence-electron chi connectivity index (χ2n) is 6.81. The van der Waals surface area contributed by atoms with Crippen molar-refractivity contribution in [1.82, 2.24) is 14.5 Å². The van der Waals surface area contributed by atoms with Crippen LogP contribution in [0.5, 0.6) is 0 Å². The van der Waals surface area contributed by atoms with Gasteiger partial charge in [0.1, 0.15) is 5.01 Å². The molecule has 0 N–H and O–H groups in total. The van der Waals surface area contributed by atoms with E-state index in [9.17, 15) is 4.79 Å². The van der Waals surface area contributed by atoms with Gasteiger partial charge in [-0.3, -0.25) is 4.79 Å². The van der Waals surface area contributed by atoms with Crippen molar-refractivity contribution < 1.29 is 4.79 Å². The minimum atomic E-state index is 0.0824. The zero-order valence-corrected chi connectivity index (χ0v) is 15.6. The fourth-order valence-electron chi connectivity index (χ4n) is 3.75. The molecule has 5 rings (SSSR count). The van der Waals surface area contributed by atoms with Crippen molar-refractivity contribution >= 4 is 27.5 Å². The van der Waals surface area contributed by atoms with E-state index in [0.717, 1.165) is 41.2 Å². The highest BCUT2D eigenvalue weighted by atomic mass is 32.1. The molecule has 0 bridgehead atoms. The molecule has 1 atom stereocenters. The summed E-state index contributed by atoms with van der Waals surface area (Å²) < 4.78 is 3.22. The van der Waals surface area contributed by atoms with E-state index in [2.05, 4.69) is 6.07 Å². The van der Waals surface area contributed by atoms with Crippen LogP contribution in [0.2, 0.25) is 0 Å². The molecule has 0 saturated carbocycles. The van der Waals surface area contributed by atoms with Crippen LogP contribution in [-0.4, -0.2) is 26.9 Å². The van der Waals surface area contributed by atoms with Crippen molar-refractivity contribution in [3.63, 3.8) is 0 Å². The lowest BCUT2D eigenvalue weighted by molar-refractivity contribution is 0.0735. The highest BCUT2D eigenvalue weighted by Gasteiger charge is 2.32. The van der Waals surface area contributed by atoms with E-state index in [-0.39, 0.29) is 11.9 Å². The van der Waals surface area contributed by atoms with Crippen molar-refractivity contribution in [2.24, 2.45) is 0 Å². The molecule has 5 heteroatoms. The van der Waals surface area contributed by atoms with Gasteiger partial charge in [-0.1, -0.05) is 12.1 Å². The van der Waals surface area contributed by atoms with Crippen LogP contribution < -0.4 is 0 Å². The van der Waals surface area contributed by atoms with Crippen LogP contribution in [0.25, 0.3) is 15.9 Å². The molecule has 1 unspecified atom stereocenters.